The van der Waals surface area contributed by atoms with E-state index in [1.807, 2.05) is 0 Å². The largest absolute Gasteiger partial charge is 0.357 e. The van der Waals surface area contributed by atoms with Crippen LogP contribution >= 0.6 is 47.6 Å². The van der Waals surface area contributed by atoms with Crippen LogP contribution in [0.2, 0.25) is 0 Å². The number of hydrogen-bond donors (Lipinski definition) is 4. The van der Waals surface area contributed by atoms with Gasteiger partial charge in [0, 0.05) is 11.4 Å². The Hall–Kier alpha value is -0.920. The first-order valence-electron chi connectivity index (χ1n) is 8.86. The quantitative estimate of drug-likeness (QED) is 0.332. The second kappa shape index (κ2) is 9.29. The van der Waals surface area contributed by atoms with Gasteiger partial charge in [0.1, 0.15) is 0 Å². The predicted molar refractivity (Wildman–Crippen MR) is 129 cm³/mol. The van der Waals surface area contributed by atoms with Gasteiger partial charge in [0.2, 0.25) is 0 Å². The van der Waals surface area contributed by atoms with Gasteiger partial charge in [-0.15, -0.1) is 23.2 Å². The molecule has 2 fully saturated rings. The number of rotatable bonds is 4. The number of sulfone groups is 2. The molecule has 2 heterocycles. The van der Waals surface area contributed by atoms with Crippen LogP contribution in [0.4, 0.5) is 11.4 Å². The Morgan fingerprint density at radius 1 is 0.800 bits per heavy atom. The van der Waals surface area contributed by atoms with Gasteiger partial charge in [0.15, 0.2) is 29.9 Å². The molecule has 30 heavy (non-hydrogen) atoms. The molecule has 0 spiro atoms. The lowest BCUT2D eigenvalue weighted by Gasteiger charge is -2.19. The molecule has 0 saturated carbocycles. The summed E-state index contributed by atoms with van der Waals surface area (Å²) in [6, 6.07) is 6.15. The number of anilines is 2. The molecule has 1 aromatic rings. The molecule has 0 aliphatic carbocycles. The van der Waals surface area contributed by atoms with E-state index in [9.17, 15) is 16.8 Å². The zero-order chi connectivity index (χ0) is 22.1. The molecule has 14 heteroatoms. The van der Waals surface area contributed by atoms with Crippen molar-refractivity contribution >= 4 is 88.9 Å². The van der Waals surface area contributed by atoms with Crippen LogP contribution in [0.15, 0.2) is 24.3 Å². The standard InChI is InChI=1S/C16H20Cl2N4O4S4/c17-11-5-29(23,24)7-13(11)21-15(27)19-9-2-1-3-10(4-9)20-16(28)22-14-8-30(25,26)6-12(14)18/h1-4,11-14H,5-8H2,(H2,19,21,27)(H2,20,22,28). The minimum absolute atomic E-state index is 0.0665. The molecule has 3 rings (SSSR count). The van der Waals surface area contributed by atoms with Crippen LogP contribution in [0.5, 0.6) is 0 Å². The van der Waals surface area contributed by atoms with E-state index in [1.54, 1.807) is 24.3 Å². The first-order chi connectivity index (χ1) is 13.9. The predicted octanol–water partition coefficient (Wildman–Crippen LogP) is 1.07. The molecule has 2 aliphatic heterocycles. The molecule has 2 saturated heterocycles. The van der Waals surface area contributed by atoms with Gasteiger partial charge in [0.05, 0.1) is 45.8 Å². The zero-order valence-corrected chi connectivity index (χ0v) is 20.2. The molecule has 0 amide bonds. The summed E-state index contributed by atoms with van der Waals surface area (Å²) in [6.45, 7) is 0. The minimum atomic E-state index is -3.16. The van der Waals surface area contributed by atoms with E-state index in [4.69, 9.17) is 47.6 Å². The van der Waals surface area contributed by atoms with E-state index >= 15 is 0 Å². The summed E-state index contributed by atoms with van der Waals surface area (Å²) in [5, 5.41) is 11.2. The van der Waals surface area contributed by atoms with E-state index < -0.39 is 42.5 Å². The van der Waals surface area contributed by atoms with Crippen LogP contribution in [-0.2, 0) is 19.7 Å². The van der Waals surface area contributed by atoms with Gasteiger partial charge in [-0.05, 0) is 42.6 Å². The van der Waals surface area contributed by atoms with Crippen molar-refractivity contribution in [1.82, 2.24) is 10.6 Å². The van der Waals surface area contributed by atoms with Gasteiger partial charge in [-0.25, -0.2) is 16.8 Å². The summed E-state index contributed by atoms with van der Waals surface area (Å²) in [6.07, 6.45) is 0. The Bertz CT molecular complexity index is 972. The maximum absolute atomic E-state index is 11.7. The third-order valence-corrected chi connectivity index (χ3v) is 9.77. The monoisotopic (exact) mass is 530 g/mol. The summed E-state index contributed by atoms with van der Waals surface area (Å²) in [5.41, 5.74) is 1.29. The van der Waals surface area contributed by atoms with Crippen LogP contribution in [0.1, 0.15) is 0 Å². The third-order valence-electron chi connectivity index (χ3n) is 4.58. The van der Waals surface area contributed by atoms with Gasteiger partial charge >= 0.3 is 0 Å². The lowest BCUT2D eigenvalue weighted by atomic mass is 10.2. The Kier molecular flexibility index (Phi) is 7.35. The maximum Gasteiger partial charge on any atom is 0.171 e. The van der Waals surface area contributed by atoms with Crippen LogP contribution in [-0.4, -0.2) is 72.9 Å². The Morgan fingerprint density at radius 3 is 1.53 bits per heavy atom. The minimum Gasteiger partial charge on any atom is -0.357 e. The molecular formula is C16H20Cl2N4O4S4. The number of nitrogens with one attached hydrogen (secondary N) is 4. The van der Waals surface area contributed by atoms with Crippen molar-refractivity contribution < 1.29 is 16.8 Å². The van der Waals surface area contributed by atoms with E-state index in [2.05, 4.69) is 21.3 Å². The van der Waals surface area contributed by atoms with Crippen molar-refractivity contribution in [2.45, 2.75) is 22.8 Å². The van der Waals surface area contributed by atoms with Crippen molar-refractivity contribution in [3.05, 3.63) is 24.3 Å². The Morgan fingerprint density at radius 2 is 1.20 bits per heavy atom. The molecular weight excluding hydrogens is 511 g/mol. The number of benzene rings is 1. The van der Waals surface area contributed by atoms with Crippen molar-refractivity contribution in [3.63, 3.8) is 0 Å². The fraction of sp³-hybridized carbons (Fsp3) is 0.500. The molecule has 1 aromatic carbocycles. The van der Waals surface area contributed by atoms with E-state index in [1.165, 1.54) is 0 Å². The summed E-state index contributed by atoms with van der Waals surface area (Å²) in [4.78, 5) is 0. The molecule has 4 N–H and O–H groups in total. The first-order valence-corrected chi connectivity index (χ1v) is 14.2. The SMILES string of the molecule is O=S1(=O)CC(Cl)C(NC(=S)Nc2cccc(NC(=S)NC3CS(=O)(=O)CC3Cl)c2)C1. The molecule has 166 valence electrons. The van der Waals surface area contributed by atoms with Crippen LogP contribution < -0.4 is 21.3 Å². The highest BCUT2D eigenvalue weighted by Crippen LogP contribution is 2.20. The zero-order valence-electron chi connectivity index (χ0n) is 15.5. The number of halogens is 2. The fourth-order valence-electron chi connectivity index (χ4n) is 3.22. The molecule has 2 aliphatic rings. The Labute approximate surface area is 196 Å². The smallest absolute Gasteiger partial charge is 0.171 e. The summed E-state index contributed by atoms with van der Waals surface area (Å²) in [5.74, 6) is -0.291. The number of alkyl halides is 2. The van der Waals surface area contributed by atoms with E-state index in [0.29, 0.717) is 11.4 Å². The second-order valence-electron chi connectivity index (χ2n) is 7.18. The second-order valence-corrected chi connectivity index (χ2v) is 13.4. The maximum atomic E-state index is 11.7. The topological polar surface area (TPSA) is 116 Å². The van der Waals surface area contributed by atoms with Gasteiger partial charge in [0.25, 0.3) is 0 Å². The van der Waals surface area contributed by atoms with Gasteiger partial charge in [-0.1, -0.05) is 6.07 Å². The highest BCUT2D eigenvalue weighted by molar-refractivity contribution is 7.92. The third kappa shape index (κ3) is 6.54. The van der Waals surface area contributed by atoms with Crippen molar-refractivity contribution in [3.8, 4) is 0 Å². The summed E-state index contributed by atoms with van der Waals surface area (Å²) in [7, 11) is -6.33. The highest BCUT2D eigenvalue weighted by atomic mass is 35.5. The Balaban J connectivity index is 1.54. The van der Waals surface area contributed by atoms with Crippen LogP contribution in [0, 0.1) is 0 Å². The highest BCUT2D eigenvalue weighted by Gasteiger charge is 2.37. The molecule has 8 nitrogen and oxygen atoms in total. The average molecular weight is 532 g/mol. The lowest BCUT2D eigenvalue weighted by Crippen LogP contribution is -2.43. The van der Waals surface area contributed by atoms with Crippen molar-refractivity contribution in [1.29, 1.82) is 0 Å². The average Bonchev–Trinajstić information content (AvgIpc) is 2.99. The number of hydrogen-bond acceptors (Lipinski definition) is 6. The van der Waals surface area contributed by atoms with Crippen molar-refractivity contribution in [2.24, 2.45) is 0 Å². The van der Waals surface area contributed by atoms with Gasteiger partial charge in [-0.3, -0.25) is 0 Å². The lowest BCUT2D eigenvalue weighted by molar-refractivity contribution is 0.598. The molecule has 0 bridgehead atoms. The molecule has 0 aromatic heterocycles. The van der Waals surface area contributed by atoms with Crippen molar-refractivity contribution in [2.75, 3.05) is 33.6 Å². The van der Waals surface area contributed by atoms with Crippen LogP contribution in [0.3, 0.4) is 0 Å². The summed E-state index contributed by atoms with van der Waals surface area (Å²) < 4.78 is 46.6. The number of thiocarbonyl (C=S) groups is 2. The fourth-order valence-corrected chi connectivity index (χ4v) is 8.86. The van der Waals surface area contributed by atoms with Gasteiger partial charge in [-0.2, -0.15) is 0 Å². The normalized spacial score (nSPS) is 29.1. The first kappa shape index (κ1) is 23.7. The molecule has 4 unspecified atom stereocenters. The van der Waals surface area contributed by atoms with Gasteiger partial charge < -0.3 is 21.3 Å². The van der Waals surface area contributed by atoms with E-state index in [0.717, 1.165) is 0 Å². The molecule has 0 radical (unpaired) electrons. The van der Waals surface area contributed by atoms with Crippen LogP contribution in [0.25, 0.3) is 0 Å². The molecule has 4 atom stereocenters. The summed E-state index contributed by atoms with van der Waals surface area (Å²) >= 11 is 22.7. The van der Waals surface area contributed by atoms with E-state index in [-0.39, 0.29) is 33.2 Å².